The molecule has 2 nitrogen and oxygen atoms in total. The van der Waals surface area contributed by atoms with E-state index >= 15 is 0 Å². The van der Waals surface area contributed by atoms with E-state index in [1.165, 1.54) is 25.7 Å². The van der Waals surface area contributed by atoms with Crippen LogP contribution in [0, 0.1) is 11.8 Å². The van der Waals surface area contributed by atoms with Crippen molar-refractivity contribution in [3.63, 3.8) is 0 Å². The topological polar surface area (TPSA) is 32.3 Å². The highest BCUT2D eigenvalue weighted by Gasteiger charge is 2.32. The van der Waals surface area contributed by atoms with Gasteiger partial charge in [0.05, 0.1) is 0 Å². The highest BCUT2D eigenvalue weighted by Crippen LogP contribution is 2.35. The maximum Gasteiger partial charge on any atom is 0.0445 e. The summed E-state index contributed by atoms with van der Waals surface area (Å²) in [6.07, 6.45) is 6.26. The first-order valence-electron chi connectivity index (χ1n) is 6.56. The number of hydrogen-bond donors (Lipinski definition) is 2. The minimum Gasteiger partial charge on any atom is -0.396 e. The molecule has 1 rings (SSSR count). The molecule has 2 atom stereocenters. The maximum absolute atomic E-state index is 9.04. The number of rotatable bonds is 8. The normalized spacial score (nSPS) is 20.6. The molecule has 0 bridgehead atoms. The van der Waals surface area contributed by atoms with Gasteiger partial charge < -0.3 is 10.4 Å². The van der Waals surface area contributed by atoms with Crippen LogP contribution in [0.1, 0.15) is 52.9 Å². The van der Waals surface area contributed by atoms with Crippen LogP contribution in [0.5, 0.6) is 0 Å². The summed E-state index contributed by atoms with van der Waals surface area (Å²) < 4.78 is 0. The third-order valence-corrected chi connectivity index (χ3v) is 3.46. The number of aliphatic hydroxyl groups is 1. The van der Waals surface area contributed by atoms with Crippen molar-refractivity contribution < 1.29 is 5.11 Å². The molecule has 0 aromatic rings. The van der Waals surface area contributed by atoms with E-state index in [0.29, 0.717) is 24.6 Å². The molecule has 0 aromatic carbocycles. The molecular formula is C13H27NO. The summed E-state index contributed by atoms with van der Waals surface area (Å²) in [4.78, 5) is 0. The number of aliphatic hydroxyl groups excluding tert-OH is 1. The van der Waals surface area contributed by atoms with Crippen molar-refractivity contribution in [2.75, 3.05) is 6.61 Å². The Labute approximate surface area is 94.5 Å². The van der Waals surface area contributed by atoms with Crippen molar-refractivity contribution >= 4 is 0 Å². The minimum atomic E-state index is 0.305. The second kappa shape index (κ2) is 6.49. The largest absolute Gasteiger partial charge is 0.396 e. The van der Waals surface area contributed by atoms with E-state index in [9.17, 15) is 0 Å². The average molecular weight is 213 g/mol. The van der Waals surface area contributed by atoms with Gasteiger partial charge in [-0.2, -0.15) is 0 Å². The molecule has 90 valence electrons. The summed E-state index contributed by atoms with van der Waals surface area (Å²) in [6, 6.07) is 1.20. The average Bonchev–Trinajstić information content (AvgIpc) is 2.99. The zero-order chi connectivity index (χ0) is 11.3. The van der Waals surface area contributed by atoms with Crippen LogP contribution in [0.3, 0.4) is 0 Å². The fraction of sp³-hybridized carbons (Fsp3) is 1.00. The minimum absolute atomic E-state index is 0.305. The van der Waals surface area contributed by atoms with Gasteiger partial charge in [-0.25, -0.2) is 0 Å². The fourth-order valence-electron chi connectivity index (χ4n) is 2.29. The molecule has 0 amide bonds. The van der Waals surface area contributed by atoms with Gasteiger partial charge in [-0.3, -0.25) is 0 Å². The molecule has 1 fully saturated rings. The molecule has 1 aliphatic rings. The fourth-order valence-corrected chi connectivity index (χ4v) is 2.29. The Balaban J connectivity index is 2.38. The lowest BCUT2D eigenvalue weighted by Gasteiger charge is -2.28. The van der Waals surface area contributed by atoms with Gasteiger partial charge in [0.15, 0.2) is 0 Å². The molecule has 0 heterocycles. The molecule has 1 saturated carbocycles. The van der Waals surface area contributed by atoms with Crippen molar-refractivity contribution in [2.45, 2.75) is 65.0 Å². The van der Waals surface area contributed by atoms with Crippen molar-refractivity contribution in [1.82, 2.24) is 5.32 Å². The quantitative estimate of drug-likeness (QED) is 0.649. The molecule has 0 spiro atoms. The van der Waals surface area contributed by atoms with Crippen molar-refractivity contribution in [3.05, 3.63) is 0 Å². The first-order valence-corrected chi connectivity index (χ1v) is 6.56. The smallest absolute Gasteiger partial charge is 0.0445 e. The van der Waals surface area contributed by atoms with Gasteiger partial charge >= 0.3 is 0 Å². The van der Waals surface area contributed by atoms with Crippen LogP contribution >= 0.6 is 0 Å². The lowest BCUT2D eigenvalue weighted by atomic mass is 9.97. The third kappa shape index (κ3) is 4.52. The van der Waals surface area contributed by atoms with Crippen molar-refractivity contribution in [1.29, 1.82) is 0 Å². The molecule has 0 saturated heterocycles. The van der Waals surface area contributed by atoms with Crippen LogP contribution in [0.2, 0.25) is 0 Å². The number of nitrogens with one attached hydrogen (secondary N) is 1. The van der Waals surface area contributed by atoms with Gasteiger partial charge in [0.2, 0.25) is 0 Å². The van der Waals surface area contributed by atoms with Gasteiger partial charge in [-0.15, -0.1) is 0 Å². The van der Waals surface area contributed by atoms with Crippen LogP contribution < -0.4 is 5.32 Å². The zero-order valence-electron chi connectivity index (χ0n) is 10.5. The van der Waals surface area contributed by atoms with Crippen LogP contribution in [-0.4, -0.2) is 23.8 Å². The second-order valence-corrected chi connectivity index (χ2v) is 5.26. The Bertz CT molecular complexity index is 156. The van der Waals surface area contributed by atoms with E-state index in [-0.39, 0.29) is 0 Å². The molecule has 0 aromatic heterocycles. The van der Waals surface area contributed by atoms with E-state index in [1.54, 1.807) is 0 Å². The highest BCUT2D eigenvalue weighted by atomic mass is 16.3. The van der Waals surface area contributed by atoms with Crippen molar-refractivity contribution in [2.24, 2.45) is 11.8 Å². The summed E-state index contributed by atoms with van der Waals surface area (Å²) >= 11 is 0. The monoisotopic (exact) mass is 213 g/mol. The van der Waals surface area contributed by atoms with E-state index < -0.39 is 0 Å². The van der Waals surface area contributed by atoms with Crippen LogP contribution in [0.15, 0.2) is 0 Å². The second-order valence-electron chi connectivity index (χ2n) is 5.26. The summed E-state index contributed by atoms with van der Waals surface area (Å²) in [7, 11) is 0. The Hall–Kier alpha value is -0.0800. The summed E-state index contributed by atoms with van der Waals surface area (Å²) in [5.74, 6) is 1.54. The van der Waals surface area contributed by atoms with Crippen LogP contribution in [0.4, 0.5) is 0 Å². The van der Waals surface area contributed by atoms with Gasteiger partial charge in [0.1, 0.15) is 0 Å². The summed E-state index contributed by atoms with van der Waals surface area (Å²) in [5, 5.41) is 12.8. The number of hydrogen-bond acceptors (Lipinski definition) is 2. The molecule has 0 radical (unpaired) electrons. The van der Waals surface area contributed by atoms with Gasteiger partial charge in [-0.05, 0) is 37.5 Å². The Morgan fingerprint density at radius 2 is 1.93 bits per heavy atom. The van der Waals surface area contributed by atoms with Gasteiger partial charge in [0, 0.05) is 18.7 Å². The van der Waals surface area contributed by atoms with E-state index in [0.717, 1.165) is 12.3 Å². The Morgan fingerprint density at radius 1 is 1.27 bits per heavy atom. The van der Waals surface area contributed by atoms with E-state index in [2.05, 4.69) is 26.1 Å². The first kappa shape index (κ1) is 13.0. The van der Waals surface area contributed by atoms with Crippen LogP contribution in [-0.2, 0) is 0 Å². The Kier molecular flexibility index (Phi) is 5.62. The maximum atomic E-state index is 9.04. The molecule has 0 aliphatic heterocycles. The van der Waals surface area contributed by atoms with Crippen LogP contribution in [0.25, 0.3) is 0 Å². The molecule has 15 heavy (non-hydrogen) atoms. The molecule has 2 N–H and O–H groups in total. The van der Waals surface area contributed by atoms with E-state index in [4.69, 9.17) is 5.11 Å². The highest BCUT2D eigenvalue weighted by molar-refractivity contribution is 4.88. The standard InChI is InChI=1S/C13H27NO/c1-4-5-13(11-6-7-11)14-12(8-9-15)10(2)3/h10-15H,4-9H2,1-3H3. The SMILES string of the molecule is CCCC(NC(CCO)C(C)C)C1CC1. The molecule has 1 aliphatic carbocycles. The molecule has 2 heteroatoms. The first-order chi connectivity index (χ1) is 7.19. The molecular weight excluding hydrogens is 186 g/mol. The molecule has 2 unspecified atom stereocenters. The summed E-state index contributed by atoms with van der Waals surface area (Å²) in [6.45, 7) is 7.04. The lowest BCUT2D eigenvalue weighted by molar-refractivity contribution is 0.227. The Morgan fingerprint density at radius 3 is 2.33 bits per heavy atom. The lowest BCUT2D eigenvalue weighted by Crippen LogP contribution is -2.43. The van der Waals surface area contributed by atoms with Gasteiger partial charge in [0.25, 0.3) is 0 Å². The van der Waals surface area contributed by atoms with E-state index in [1.807, 2.05) is 0 Å². The predicted octanol–water partition coefficient (Wildman–Crippen LogP) is 2.56. The predicted molar refractivity (Wildman–Crippen MR) is 64.9 cm³/mol. The van der Waals surface area contributed by atoms with Crippen molar-refractivity contribution in [3.8, 4) is 0 Å². The zero-order valence-corrected chi connectivity index (χ0v) is 10.5. The third-order valence-electron chi connectivity index (χ3n) is 3.46. The summed E-state index contributed by atoms with van der Waals surface area (Å²) in [5.41, 5.74) is 0. The van der Waals surface area contributed by atoms with Gasteiger partial charge in [-0.1, -0.05) is 27.2 Å².